The Kier molecular flexibility index (Phi) is 4.41. The molecule has 0 unspecified atom stereocenters. The zero-order chi connectivity index (χ0) is 19.8. The van der Waals surface area contributed by atoms with Gasteiger partial charge in [0.1, 0.15) is 12.4 Å². The maximum absolute atomic E-state index is 12.9. The van der Waals surface area contributed by atoms with Gasteiger partial charge >= 0.3 is 0 Å². The number of para-hydroxylation sites is 1. The van der Waals surface area contributed by atoms with E-state index in [0.29, 0.717) is 11.5 Å². The van der Waals surface area contributed by atoms with E-state index in [9.17, 15) is 4.79 Å². The summed E-state index contributed by atoms with van der Waals surface area (Å²) in [5.41, 5.74) is 4.21. The predicted octanol–water partition coefficient (Wildman–Crippen LogP) is 4.98. The van der Waals surface area contributed by atoms with Crippen molar-refractivity contribution in [3.05, 3.63) is 89.3 Å². The third-order valence-corrected chi connectivity index (χ3v) is 6.30. The van der Waals surface area contributed by atoms with Crippen LogP contribution in [-0.4, -0.2) is 15.5 Å². The normalized spacial score (nSPS) is 13.1. The van der Waals surface area contributed by atoms with Gasteiger partial charge in [-0.15, -0.1) is 11.3 Å². The molecule has 1 aliphatic heterocycles. The molecule has 2 aromatic heterocycles. The van der Waals surface area contributed by atoms with Gasteiger partial charge in [-0.2, -0.15) is 0 Å². The monoisotopic (exact) mass is 401 g/mol. The Morgan fingerprint density at radius 2 is 2.03 bits per heavy atom. The van der Waals surface area contributed by atoms with Crippen molar-refractivity contribution < 1.29 is 9.53 Å². The number of amides is 1. The Bertz CT molecular complexity index is 1160. The first-order valence-corrected chi connectivity index (χ1v) is 10.2. The van der Waals surface area contributed by atoms with Crippen LogP contribution in [0, 0.1) is 0 Å². The summed E-state index contributed by atoms with van der Waals surface area (Å²) in [7, 11) is 0. The summed E-state index contributed by atoms with van der Waals surface area (Å²) in [6, 6.07) is 17.9. The van der Waals surface area contributed by atoms with Gasteiger partial charge in [-0.05, 0) is 42.8 Å². The van der Waals surface area contributed by atoms with Gasteiger partial charge in [-0.25, -0.2) is 4.98 Å². The summed E-state index contributed by atoms with van der Waals surface area (Å²) in [6.45, 7) is 2.50. The summed E-state index contributed by atoms with van der Waals surface area (Å²) < 4.78 is 7.75. The predicted molar refractivity (Wildman–Crippen MR) is 114 cm³/mol. The zero-order valence-electron chi connectivity index (χ0n) is 15.8. The number of hydrogen-bond donors (Lipinski definition) is 1. The Balaban J connectivity index is 1.33. The summed E-state index contributed by atoms with van der Waals surface area (Å²) in [5.74, 6) is 0.813. The van der Waals surface area contributed by atoms with Gasteiger partial charge < -0.3 is 14.6 Å². The molecule has 144 valence electrons. The van der Waals surface area contributed by atoms with Gasteiger partial charge in [0.05, 0.1) is 17.2 Å². The highest BCUT2D eigenvalue weighted by Crippen LogP contribution is 2.42. The third-order valence-electron chi connectivity index (χ3n) is 5.09. The first-order valence-electron chi connectivity index (χ1n) is 9.43. The van der Waals surface area contributed by atoms with E-state index in [2.05, 4.69) is 10.3 Å². The fourth-order valence-electron chi connectivity index (χ4n) is 3.51. The number of fused-ring (bicyclic) bond motifs is 3. The average molecular weight is 401 g/mol. The van der Waals surface area contributed by atoms with Crippen molar-refractivity contribution in [3.8, 4) is 21.9 Å². The molecule has 2 aromatic carbocycles. The van der Waals surface area contributed by atoms with Crippen LogP contribution in [0.25, 0.3) is 16.1 Å². The molecule has 6 heteroatoms. The fraction of sp³-hybridized carbons (Fsp3) is 0.130. The van der Waals surface area contributed by atoms with Crippen molar-refractivity contribution in [1.29, 1.82) is 0 Å². The first kappa shape index (κ1) is 17.7. The Morgan fingerprint density at radius 3 is 2.83 bits per heavy atom. The molecule has 1 aliphatic rings. The number of benzene rings is 2. The number of thiophene rings is 1. The van der Waals surface area contributed by atoms with Gasteiger partial charge in [-0.3, -0.25) is 4.79 Å². The van der Waals surface area contributed by atoms with E-state index < -0.39 is 0 Å². The molecule has 1 amide bonds. The minimum Gasteiger partial charge on any atom is -0.488 e. The Labute approximate surface area is 172 Å². The lowest BCUT2D eigenvalue weighted by atomic mass is 10.1. The number of carbonyl (C=O) groups excluding carboxylic acids is 1. The molecule has 5 nitrogen and oxygen atoms in total. The van der Waals surface area contributed by atoms with Crippen LogP contribution >= 0.6 is 11.3 Å². The second-order valence-corrected chi connectivity index (χ2v) is 8.06. The van der Waals surface area contributed by atoms with E-state index in [4.69, 9.17) is 4.74 Å². The van der Waals surface area contributed by atoms with E-state index in [1.807, 2.05) is 72.3 Å². The van der Waals surface area contributed by atoms with Crippen LogP contribution in [0.4, 0.5) is 0 Å². The summed E-state index contributed by atoms with van der Waals surface area (Å²) in [4.78, 5) is 18.8. The third kappa shape index (κ3) is 3.32. The number of nitrogens with zero attached hydrogens (tertiary/aromatic N) is 2. The lowest BCUT2D eigenvalue weighted by Gasteiger charge is -2.16. The van der Waals surface area contributed by atoms with Crippen LogP contribution in [0.1, 0.15) is 33.8 Å². The summed E-state index contributed by atoms with van der Waals surface area (Å²) in [6.07, 6.45) is 5.42. The van der Waals surface area contributed by atoms with Crippen LogP contribution in [0.2, 0.25) is 0 Å². The van der Waals surface area contributed by atoms with Crippen LogP contribution in [0.3, 0.4) is 0 Å². The summed E-state index contributed by atoms with van der Waals surface area (Å²) in [5, 5.41) is 3.11. The highest BCUT2D eigenvalue weighted by Gasteiger charge is 2.23. The van der Waals surface area contributed by atoms with Crippen LogP contribution in [-0.2, 0) is 6.61 Å². The molecule has 0 fully saturated rings. The minimum atomic E-state index is -0.0954. The van der Waals surface area contributed by atoms with E-state index in [-0.39, 0.29) is 11.9 Å². The molecule has 4 aromatic rings. The van der Waals surface area contributed by atoms with Crippen LogP contribution in [0.15, 0.2) is 73.3 Å². The van der Waals surface area contributed by atoms with Crippen molar-refractivity contribution in [2.75, 3.05) is 0 Å². The fourth-order valence-corrected chi connectivity index (χ4v) is 4.61. The molecule has 3 heterocycles. The van der Waals surface area contributed by atoms with Crippen molar-refractivity contribution in [2.24, 2.45) is 0 Å². The van der Waals surface area contributed by atoms with Crippen LogP contribution in [0.5, 0.6) is 5.75 Å². The summed E-state index contributed by atoms with van der Waals surface area (Å²) >= 11 is 1.52. The first-order chi connectivity index (χ1) is 14.2. The molecule has 0 saturated carbocycles. The second kappa shape index (κ2) is 7.22. The van der Waals surface area contributed by atoms with E-state index in [1.165, 1.54) is 11.3 Å². The topological polar surface area (TPSA) is 56.1 Å². The number of aromatic nitrogens is 2. The number of nitrogens with one attached hydrogen (secondary N) is 1. The quantitative estimate of drug-likeness (QED) is 0.524. The van der Waals surface area contributed by atoms with Gasteiger partial charge in [0.25, 0.3) is 5.91 Å². The Morgan fingerprint density at radius 1 is 1.21 bits per heavy atom. The highest BCUT2D eigenvalue weighted by molar-refractivity contribution is 7.17. The lowest BCUT2D eigenvalue weighted by molar-refractivity contribution is 0.0944. The largest absolute Gasteiger partial charge is 0.488 e. The number of rotatable bonds is 4. The maximum Gasteiger partial charge on any atom is 0.261 e. The van der Waals surface area contributed by atoms with Crippen molar-refractivity contribution in [2.45, 2.75) is 19.6 Å². The van der Waals surface area contributed by atoms with E-state index in [1.54, 1.807) is 12.5 Å². The minimum absolute atomic E-state index is 0.0620. The molecule has 0 spiro atoms. The number of carbonyl (C=O) groups is 1. The van der Waals surface area contributed by atoms with Crippen LogP contribution < -0.4 is 10.1 Å². The number of imidazole rings is 1. The molecule has 29 heavy (non-hydrogen) atoms. The second-order valence-electron chi connectivity index (χ2n) is 7.01. The standard InChI is InChI=1S/C23H19N3O2S/c1-15(16-6-8-18(9-7-16)26-11-10-24-14-26)25-23(27)21-12-17-13-28-20-5-3-2-4-19(20)22(17)29-21/h2-12,14-15H,13H2,1H3,(H,25,27)/t15-/m0/s1. The van der Waals surface area contributed by atoms with E-state index >= 15 is 0 Å². The number of hydrogen-bond acceptors (Lipinski definition) is 4. The van der Waals surface area contributed by atoms with Gasteiger partial charge in [0.2, 0.25) is 0 Å². The van der Waals surface area contributed by atoms with Gasteiger partial charge in [0.15, 0.2) is 0 Å². The van der Waals surface area contributed by atoms with Crippen molar-refractivity contribution in [3.63, 3.8) is 0 Å². The lowest BCUT2D eigenvalue weighted by Crippen LogP contribution is -2.25. The maximum atomic E-state index is 12.9. The Hall–Kier alpha value is -3.38. The van der Waals surface area contributed by atoms with E-state index in [0.717, 1.165) is 33.0 Å². The van der Waals surface area contributed by atoms with Crippen molar-refractivity contribution in [1.82, 2.24) is 14.9 Å². The molecule has 1 N–H and O–H groups in total. The average Bonchev–Trinajstić information content (AvgIpc) is 3.44. The molecule has 0 saturated heterocycles. The smallest absolute Gasteiger partial charge is 0.261 e. The SMILES string of the molecule is C[C@H](NC(=O)c1cc2c(s1)-c1ccccc1OC2)c1ccc(-n2ccnc2)cc1. The zero-order valence-corrected chi connectivity index (χ0v) is 16.6. The van der Waals surface area contributed by atoms with Crippen molar-refractivity contribution >= 4 is 17.2 Å². The molecule has 0 aliphatic carbocycles. The van der Waals surface area contributed by atoms with Gasteiger partial charge in [0, 0.05) is 34.1 Å². The molecule has 5 rings (SSSR count). The molecule has 1 atom stereocenters. The number of ether oxygens (including phenoxy) is 1. The molecular formula is C23H19N3O2S. The molecule has 0 radical (unpaired) electrons. The molecular weight excluding hydrogens is 382 g/mol. The highest BCUT2D eigenvalue weighted by atomic mass is 32.1. The molecule has 0 bridgehead atoms. The van der Waals surface area contributed by atoms with Gasteiger partial charge in [-0.1, -0.05) is 24.3 Å².